The highest BCUT2D eigenvalue weighted by Crippen LogP contribution is 2.23. The molecule has 102 valence electrons. The average molecular weight is 335 g/mol. The topological polar surface area (TPSA) is 79.3 Å². The standard InChI is InChI=1S/C14H11BrN2O3/c1-8-2-4-11(10(15)6-8)17-13(18)12-5-3-9(7-16-12)14(19)20/h2-7H,1H3,(H,17,18)(H,19,20). The summed E-state index contributed by atoms with van der Waals surface area (Å²) in [5, 5.41) is 11.5. The van der Waals surface area contributed by atoms with Crippen LogP contribution in [0.25, 0.3) is 0 Å². The zero-order valence-corrected chi connectivity index (χ0v) is 12.1. The number of carboxylic acid groups (broad SMARTS) is 1. The quantitative estimate of drug-likeness (QED) is 0.903. The first-order chi connectivity index (χ1) is 9.47. The molecule has 0 aliphatic carbocycles. The zero-order chi connectivity index (χ0) is 14.7. The summed E-state index contributed by atoms with van der Waals surface area (Å²) >= 11 is 3.37. The fourth-order valence-corrected chi connectivity index (χ4v) is 2.15. The summed E-state index contributed by atoms with van der Waals surface area (Å²) in [6.07, 6.45) is 1.15. The lowest BCUT2D eigenvalue weighted by Crippen LogP contribution is -2.14. The van der Waals surface area contributed by atoms with Crippen molar-refractivity contribution in [3.63, 3.8) is 0 Å². The van der Waals surface area contributed by atoms with E-state index in [0.717, 1.165) is 16.2 Å². The largest absolute Gasteiger partial charge is 0.478 e. The molecule has 0 aliphatic heterocycles. The van der Waals surface area contributed by atoms with Gasteiger partial charge < -0.3 is 10.4 Å². The predicted molar refractivity (Wildman–Crippen MR) is 78.0 cm³/mol. The van der Waals surface area contributed by atoms with Crippen molar-refractivity contribution in [1.82, 2.24) is 4.98 Å². The zero-order valence-electron chi connectivity index (χ0n) is 10.6. The van der Waals surface area contributed by atoms with Crippen molar-refractivity contribution >= 4 is 33.5 Å². The first-order valence-corrected chi connectivity index (χ1v) is 6.53. The van der Waals surface area contributed by atoms with Crippen LogP contribution in [0.3, 0.4) is 0 Å². The van der Waals surface area contributed by atoms with Crippen LogP contribution in [-0.4, -0.2) is 22.0 Å². The molecule has 0 spiro atoms. The second kappa shape index (κ2) is 5.83. The number of carboxylic acids is 1. The van der Waals surface area contributed by atoms with Crippen molar-refractivity contribution < 1.29 is 14.7 Å². The second-order valence-corrected chi connectivity index (χ2v) is 5.03. The van der Waals surface area contributed by atoms with Gasteiger partial charge in [-0.25, -0.2) is 4.79 Å². The Hall–Kier alpha value is -2.21. The van der Waals surface area contributed by atoms with Gasteiger partial charge in [-0.15, -0.1) is 0 Å². The molecule has 20 heavy (non-hydrogen) atoms. The van der Waals surface area contributed by atoms with E-state index in [4.69, 9.17) is 5.11 Å². The van der Waals surface area contributed by atoms with Crippen LogP contribution in [0.1, 0.15) is 26.4 Å². The highest BCUT2D eigenvalue weighted by atomic mass is 79.9. The number of hydrogen-bond acceptors (Lipinski definition) is 3. The molecule has 0 saturated heterocycles. The Kier molecular flexibility index (Phi) is 4.14. The molecular weight excluding hydrogens is 324 g/mol. The molecule has 1 aromatic heterocycles. The van der Waals surface area contributed by atoms with Crippen molar-refractivity contribution in [2.24, 2.45) is 0 Å². The lowest BCUT2D eigenvalue weighted by molar-refractivity contribution is 0.0696. The third-order valence-electron chi connectivity index (χ3n) is 2.62. The number of nitrogens with zero attached hydrogens (tertiary/aromatic N) is 1. The summed E-state index contributed by atoms with van der Waals surface area (Å²) < 4.78 is 0.771. The molecule has 0 radical (unpaired) electrons. The van der Waals surface area contributed by atoms with Crippen LogP contribution in [0.2, 0.25) is 0 Å². The molecule has 0 fully saturated rings. The number of anilines is 1. The number of pyridine rings is 1. The molecule has 2 N–H and O–H groups in total. The molecule has 0 saturated carbocycles. The first-order valence-electron chi connectivity index (χ1n) is 5.74. The highest BCUT2D eigenvalue weighted by molar-refractivity contribution is 9.10. The molecule has 1 heterocycles. The normalized spacial score (nSPS) is 10.1. The minimum Gasteiger partial charge on any atom is -0.478 e. The molecule has 0 aliphatic rings. The van der Waals surface area contributed by atoms with Gasteiger partial charge in [-0.2, -0.15) is 0 Å². The monoisotopic (exact) mass is 334 g/mol. The number of carbonyl (C=O) groups excluding carboxylic acids is 1. The Labute approximate surface area is 123 Å². The van der Waals surface area contributed by atoms with Gasteiger partial charge in [-0.3, -0.25) is 9.78 Å². The van der Waals surface area contributed by atoms with E-state index in [2.05, 4.69) is 26.2 Å². The van der Waals surface area contributed by atoms with Crippen molar-refractivity contribution in [2.75, 3.05) is 5.32 Å². The highest BCUT2D eigenvalue weighted by Gasteiger charge is 2.11. The number of hydrogen-bond donors (Lipinski definition) is 2. The lowest BCUT2D eigenvalue weighted by atomic mass is 10.2. The smallest absolute Gasteiger partial charge is 0.337 e. The van der Waals surface area contributed by atoms with Crippen LogP contribution in [-0.2, 0) is 0 Å². The number of carbonyl (C=O) groups is 2. The van der Waals surface area contributed by atoms with Gasteiger partial charge >= 0.3 is 5.97 Å². The number of rotatable bonds is 3. The molecule has 6 heteroatoms. The molecule has 0 unspecified atom stereocenters. The molecule has 5 nitrogen and oxygen atoms in total. The van der Waals surface area contributed by atoms with E-state index < -0.39 is 11.9 Å². The number of nitrogens with one attached hydrogen (secondary N) is 1. The van der Waals surface area contributed by atoms with Gasteiger partial charge in [-0.1, -0.05) is 6.07 Å². The van der Waals surface area contributed by atoms with E-state index in [-0.39, 0.29) is 11.3 Å². The number of aryl methyl sites for hydroxylation is 1. The van der Waals surface area contributed by atoms with Crippen LogP contribution >= 0.6 is 15.9 Å². The molecule has 2 aromatic rings. The SMILES string of the molecule is Cc1ccc(NC(=O)c2ccc(C(=O)O)cn2)c(Br)c1. The molecule has 1 aromatic carbocycles. The van der Waals surface area contributed by atoms with E-state index in [1.165, 1.54) is 12.1 Å². The summed E-state index contributed by atoms with van der Waals surface area (Å²) in [7, 11) is 0. The van der Waals surface area contributed by atoms with Crippen LogP contribution in [0.15, 0.2) is 41.0 Å². The van der Waals surface area contributed by atoms with Crippen molar-refractivity contribution in [2.45, 2.75) is 6.92 Å². The Morgan fingerprint density at radius 3 is 2.55 bits per heavy atom. The van der Waals surface area contributed by atoms with Gasteiger partial charge in [-0.05, 0) is 52.7 Å². The van der Waals surface area contributed by atoms with E-state index >= 15 is 0 Å². The minimum atomic E-state index is -1.08. The Morgan fingerprint density at radius 2 is 2.00 bits per heavy atom. The van der Waals surface area contributed by atoms with Crippen LogP contribution in [0.5, 0.6) is 0 Å². The number of aromatic carboxylic acids is 1. The molecule has 0 bridgehead atoms. The van der Waals surface area contributed by atoms with Crippen LogP contribution < -0.4 is 5.32 Å². The fraction of sp³-hybridized carbons (Fsp3) is 0.0714. The predicted octanol–water partition coefficient (Wildman–Crippen LogP) is 3.10. The summed E-state index contributed by atoms with van der Waals surface area (Å²) in [4.78, 5) is 26.5. The Balaban J connectivity index is 2.17. The molecule has 0 atom stereocenters. The van der Waals surface area contributed by atoms with Gasteiger partial charge in [0, 0.05) is 10.7 Å². The maximum atomic E-state index is 12.0. The fourth-order valence-electron chi connectivity index (χ4n) is 1.56. The van der Waals surface area contributed by atoms with Gasteiger partial charge in [0.15, 0.2) is 0 Å². The third kappa shape index (κ3) is 3.21. The van der Waals surface area contributed by atoms with Gasteiger partial charge in [0.25, 0.3) is 5.91 Å². The molecule has 1 amide bonds. The summed E-state index contributed by atoms with van der Waals surface area (Å²) in [6.45, 7) is 1.95. The summed E-state index contributed by atoms with van der Waals surface area (Å²) in [5.74, 6) is -1.47. The number of benzene rings is 1. The number of aromatic nitrogens is 1. The minimum absolute atomic E-state index is 0.0399. The van der Waals surface area contributed by atoms with Crippen LogP contribution in [0.4, 0.5) is 5.69 Å². The van der Waals surface area contributed by atoms with Crippen molar-refractivity contribution in [3.8, 4) is 0 Å². The maximum absolute atomic E-state index is 12.0. The van der Waals surface area contributed by atoms with Gasteiger partial charge in [0.1, 0.15) is 5.69 Å². The third-order valence-corrected chi connectivity index (χ3v) is 3.27. The van der Waals surface area contributed by atoms with Gasteiger partial charge in [0.05, 0.1) is 11.3 Å². The molecule has 2 rings (SSSR count). The maximum Gasteiger partial charge on any atom is 0.337 e. The van der Waals surface area contributed by atoms with E-state index in [1.807, 2.05) is 19.1 Å². The van der Waals surface area contributed by atoms with E-state index in [9.17, 15) is 9.59 Å². The lowest BCUT2D eigenvalue weighted by Gasteiger charge is -2.07. The van der Waals surface area contributed by atoms with Crippen LogP contribution in [0, 0.1) is 6.92 Å². The average Bonchev–Trinajstić information content (AvgIpc) is 2.42. The number of halogens is 1. The van der Waals surface area contributed by atoms with E-state index in [0.29, 0.717) is 5.69 Å². The second-order valence-electron chi connectivity index (χ2n) is 4.17. The van der Waals surface area contributed by atoms with Gasteiger partial charge in [0.2, 0.25) is 0 Å². The summed E-state index contributed by atoms with van der Waals surface area (Å²) in [6, 6.07) is 8.26. The van der Waals surface area contributed by atoms with Crippen molar-refractivity contribution in [3.05, 3.63) is 57.8 Å². The number of amides is 1. The van der Waals surface area contributed by atoms with Crippen molar-refractivity contribution in [1.29, 1.82) is 0 Å². The van der Waals surface area contributed by atoms with E-state index in [1.54, 1.807) is 6.07 Å². The Bertz CT molecular complexity index is 669. The first kappa shape index (κ1) is 14.2. The summed E-state index contributed by atoms with van der Waals surface area (Å²) in [5.41, 5.74) is 1.89. The Morgan fingerprint density at radius 1 is 1.25 bits per heavy atom. The molecular formula is C14H11BrN2O3.